The number of nitrogens with one attached hydrogen (secondary N) is 1. The SMILES string of the molecule is Cc1nc(COc2ccc(C(=O)N(C)CC(=O)Nc3ccc(Cl)c(Cl)c3)cc2)no1. The van der Waals surface area contributed by atoms with E-state index in [2.05, 4.69) is 15.5 Å². The van der Waals surface area contributed by atoms with Crippen molar-refractivity contribution < 1.29 is 18.8 Å². The second-order valence-electron chi connectivity index (χ2n) is 6.38. The molecule has 3 rings (SSSR count). The fraction of sp³-hybridized carbons (Fsp3) is 0.200. The van der Waals surface area contributed by atoms with E-state index in [0.29, 0.717) is 38.8 Å². The minimum atomic E-state index is -0.361. The molecular formula is C20H18Cl2N4O4. The van der Waals surface area contributed by atoms with E-state index in [0.717, 1.165) is 0 Å². The summed E-state index contributed by atoms with van der Waals surface area (Å²) in [7, 11) is 1.54. The van der Waals surface area contributed by atoms with Gasteiger partial charge in [-0.3, -0.25) is 9.59 Å². The van der Waals surface area contributed by atoms with E-state index < -0.39 is 0 Å². The third-order valence-corrected chi connectivity index (χ3v) is 4.71. The summed E-state index contributed by atoms with van der Waals surface area (Å²) in [6, 6.07) is 11.3. The van der Waals surface area contributed by atoms with Gasteiger partial charge >= 0.3 is 0 Å². The fourth-order valence-electron chi connectivity index (χ4n) is 2.52. The lowest BCUT2D eigenvalue weighted by atomic mass is 10.2. The number of aryl methyl sites for hydroxylation is 1. The molecule has 0 radical (unpaired) electrons. The summed E-state index contributed by atoms with van der Waals surface area (Å²) < 4.78 is 10.4. The highest BCUT2D eigenvalue weighted by Gasteiger charge is 2.16. The van der Waals surface area contributed by atoms with Crippen molar-refractivity contribution in [3.63, 3.8) is 0 Å². The van der Waals surface area contributed by atoms with E-state index in [1.807, 2.05) is 0 Å². The standard InChI is InChI=1S/C20H18Cl2N4O4/c1-12-23-18(25-30-12)11-29-15-6-3-13(4-7-15)20(28)26(2)10-19(27)24-14-5-8-16(21)17(22)9-14/h3-9H,10-11H2,1-2H3,(H,24,27). The molecular weight excluding hydrogens is 431 g/mol. The first-order chi connectivity index (χ1) is 14.3. The third kappa shape index (κ3) is 5.71. The van der Waals surface area contributed by atoms with Crippen LogP contribution in [-0.2, 0) is 11.4 Å². The van der Waals surface area contributed by atoms with Crippen LogP contribution in [0.3, 0.4) is 0 Å². The number of nitrogens with zero attached hydrogens (tertiary/aromatic N) is 3. The number of anilines is 1. The Balaban J connectivity index is 1.53. The summed E-state index contributed by atoms with van der Waals surface area (Å²) in [4.78, 5) is 30.1. The van der Waals surface area contributed by atoms with Crippen LogP contribution in [0.4, 0.5) is 5.69 Å². The van der Waals surface area contributed by atoms with Gasteiger partial charge in [0.2, 0.25) is 17.6 Å². The summed E-state index contributed by atoms with van der Waals surface area (Å²) >= 11 is 11.8. The molecule has 1 aromatic heterocycles. The predicted molar refractivity (Wildman–Crippen MR) is 112 cm³/mol. The zero-order chi connectivity index (χ0) is 21.7. The molecule has 1 N–H and O–H groups in total. The monoisotopic (exact) mass is 448 g/mol. The van der Waals surface area contributed by atoms with Crippen LogP contribution in [0.15, 0.2) is 47.0 Å². The first-order valence-corrected chi connectivity index (χ1v) is 9.60. The van der Waals surface area contributed by atoms with Crippen molar-refractivity contribution in [2.45, 2.75) is 13.5 Å². The summed E-state index contributed by atoms with van der Waals surface area (Å²) in [6.45, 7) is 1.71. The highest BCUT2D eigenvalue weighted by Crippen LogP contribution is 2.25. The van der Waals surface area contributed by atoms with Crippen LogP contribution in [0.2, 0.25) is 10.0 Å². The molecule has 0 unspecified atom stereocenters. The van der Waals surface area contributed by atoms with Gasteiger partial charge in [0.05, 0.1) is 16.6 Å². The van der Waals surface area contributed by atoms with Gasteiger partial charge in [0, 0.05) is 25.2 Å². The number of carbonyl (C=O) groups excluding carboxylic acids is 2. The molecule has 0 saturated carbocycles. The summed E-state index contributed by atoms with van der Waals surface area (Å²) in [6.07, 6.45) is 0. The van der Waals surface area contributed by atoms with E-state index in [1.54, 1.807) is 50.4 Å². The molecule has 3 aromatic rings. The minimum absolute atomic E-state index is 0.130. The number of amides is 2. The molecule has 0 bridgehead atoms. The van der Waals surface area contributed by atoms with Gasteiger partial charge in [0.1, 0.15) is 5.75 Å². The second kappa shape index (κ2) is 9.60. The molecule has 10 heteroatoms. The molecule has 0 aliphatic heterocycles. The number of carbonyl (C=O) groups is 2. The maximum Gasteiger partial charge on any atom is 0.254 e. The van der Waals surface area contributed by atoms with Gasteiger partial charge in [-0.05, 0) is 42.5 Å². The predicted octanol–water partition coefficient (Wildman–Crippen LogP) is 3.97. The lowest BCUT2D eigenvalue weighted by molar-refractivity contribution is -0.116. The molecule has 1 heterocycles. The largest absolute Gasteiger partial charge is 0.485 e. The van der Waals surface area contributed by atoms with Gasteiger partial charge in [0.25, 0.3) is 5.91 Å². The molecule has 0 aliphatic carbocycles. The Hall–Kier alpha value is -3.10. The van der Waals surface area contributed by atoms with Gasteiger partial charge in [0.15, 0.2) is 6.61 Å². The van der Waals surface area contributed by atoms with Crippen LogP contribution < -0.4 is 10.1 Å². The smallest absolute Gasteiger partial charge is 0.254 e. The Morgan fingerprint density at radius 3 is 2.50 bits per heavy atom. The van der Waals surface area contributed by atoms with Crippen molar-refractivity contribution in [1.29, 1.82) is 0 Å². The average molecular weight is 449 g/mol. The molecule has 0 atom stereocenters. The van der Waals surface area contributed by atoms with Crippen LogP contribution in [0.1, 0.15) is 22.1 Å². The highest BCUT2D eigenvalue weighted by molar-refractivity contribution is 6.42. The van der Waals surface area contributed by atoms with Gasteiger partial charge < -0.3 is 19.5 Å². The Morgan fingerprint density at radius 1 is 1.13 bits per heavy atom. The molecule has 0 saturated heterocycles. The van der Waals surface area contributed by atoms with Crippen LogP contribution in [0.25, 0.3) is 0 Å². The number of ether oxygens (including phenoxy) is 1. The zero-order valence-electron chi connectivity index (χ0n) is 16.2. The molecule has 2 amide bonds. The number of rotatable bonds is 7. The Morgan fingerprint density at radius 2 is 1.87 bits per heavy atom. The molecule has 0 fully saturated rings. The van der Waals surface area contributed by atoms with Gasteiger partial charge in [-0.15, -0.1) is 0 Å². The number of benzene rings is 2. The maximum absolute atomic E-state index is 12.6. The zero-order valence-corrected chi connectivity index (χ0v) is 17.7. The quantitative estimate of drug-likeness (QED) is 0.586. The van der Waals surface area contributed by atoms with E-state index >= 15 is 0 Å². The second-order valence-corrected chi connectivity index (χ2v) is 7.20. The number of aromatic nitrogens is 2. The van der Waals surface area contributed by atoms with E-state index in [1.165, 1.54) is 11.0 Å². The van der Waals surface area contributed by atoms with Gasteiger partial charge in [-0.25, -0.2) is 0 Å². The van der Waals surface area contributed by atoms with Crippen molar-refractivity contribution in [1.82, 2.24) is 15.0 Å². The molecule has 30 heavy (non-hydrogen) atoms. The average Bonchev–Trinajstić information content (AvgIpc) is 3.14. The van der Waals surface area contributed by atoms with Crippen molar-refractivity contribution in [2.24, 2.45) is 0 Å². The minimum Gasteiger partial charge on any atom is -0.485 e. The number of halogens is 2. The summed E-state index contributed by atoms with van der Waals surface area (Å²) in [5.74, 6) is 0.773. The lowest BCUT2D eigenvalue weighted by Gasteiger charge is -2.17. The Kier molecular flexibility index (Phi) is 6.91. The molecule has 0 spiro atoms. The molecule has 8 nitrogen and oxygen atoms in total. The topological polar surface area (TPSA) is 97.6 Å². The number of likely N-dealkylation sites (N-methyl/N-ethyl adjacent to an activating group) is 1. The van der Waals surface area contributed by atoms with Crippen LogP contribution in [0, 0.1) is 6.92 Å². The van der Waals surface area contributed by atoms with Crippen molar-refractivity contribution >= 4 is 40.7 Å². The van der Waals surface area contributed by atoms with Gasteiger partial charge in [-0.1, -0.05) is 28.4 Å². The first kappa shape index (κ1) is 21.6. The van der Waals surface area contributed by atoms with Crippen molar-refractivity contribution in [3.05, 3.63) is 69.8 Å². The fourth-order valence-corrected chi connectivity index (χ4v) is 2.82. The number of hydrogen-bond acceptors (Lipinski definition) is 6. The summed E-state index contributed by atoms with van der Waals surface area (Å²) in [5.41, 5.74) is 0.913. The highest BCUT2D eigenvalue weighted by atomic mass is 35.5. The first-order valence-electron chi connectivity index (χ1n) is 8.84. The normalized spacial score (nSPS) is 10.5. The van der Waals surface area contributed by atoms with Crippen molar-refractivity contribution in [3.8, 4) is 5.75 Å². The van der Waals surface area contributed by atoms with Gasteiger partial charge in [-0.2, -0.15) is 4.98 Å². The Labute approximate surface area is 182 Å². The lowest BCUT2D eigenvalue weighted by Crippen LogP contribution is -2.34. The molecule has 156 valence electrons. The van der Waals surface area contributed by atoms with E-state index in [4.69, 9.17) is 32.5 Å². The molecule has 2 aromatic carbocycles. The maximum atomic E-state index is 12.6. The van der Waals surface area contributed by atoms with E-state index in [9.17, 15) is 9.59 Å². The van der Waals surface area contributed by atoms with Crippen molar-refractivity contribution in [2.75, 3.05) is 18.9 Å². The Bertz CT molecular complexity index is 1050. The number of hydrogen-bond donors (Lipinski definition) is 1. The van der Waals surface area contributed by atoms with Crippen LogP contribution in [-0.4, -0.2) is 40.4 Å². The summed E-state index contributed by atoms with van der Waals surface area (Å²) in [5, 5.41) is 7.14. The van der Waals surface area contributed by atoms with Crippen LogP contribution in [0.5, 0.6) is 5.75 Å². The molecule has 0 aliphatic rings. The van der Waals surface area contributed by atoms with E-state index in [-0.39, 0.29) is 25.0 Å². The third-order valence-electron chi connectivity index (χ3n) is 3.97. The van der Waals surface area contributed by atoms with Crippen LogP contribution >= 0.6 is 23.2 Å².